The molecule has 7 nitrogen and oxygen atoms in total. The predicted molar refractivity (Wildman–Crippen MR) is 119 cm³/mol. The van der Waals surface area contributed by atoms with Crippen molar-refractivity contribution in [2.75, 3.05) is 26.9 Å². The molecule has 8 heteroatoms. The standard InChI is InChI=1S/C22H23BrN2O5/c1-5-10-30-21-17(23)11-15(12-20(21)29-7-3)14-24-25-22(26)16-8-9-18(28-6-2)19(13-16)27-4/h1,8-9,11-14H,6-7,10H2,2-4H3,(H,25,26)/b24-14+. The van der Waals surface area contributed by atoms with Crippen LogP contribution in [0.25, 0.3) is 0 Å². The third kappa shape index (κ3) is 6.16. The molecule has 0 unspecified atom stereocenters. The quantitative estimate of drug-likeness (QED) is 0.319. The van der Waals surface area contributed by atoms with Crippen LogP contribution in [0.4, 0.5) is 0 Å². The minimum atomic E-state index is -0.384. The van der Waals surface area contributed by atoms with Gasteiger partial charge in [-0.3, -0.25) is 4.79 Å². The number of hydrogen-bond donors (Lipinski definition) is 1. The van der Waals surface area contributed by atoms with Gasteiger partial charge in [0.1, 0.15) is 6.61 Å². The number of nitrogens with one attached hydrogen (secondary N) is 1. The van der Waals surface area contributed by atoms with Crippen molar-refractivity contribution in [3.63, 3.8) is 0 Å². The lowest BCUT2D eigenvalue weighted by atomic mass is 10.2. The van der Waals surface area contributed by atoms with Crippen molar-refractivity contribution < 1.29 is 23.7 Å². The molecule has 1 amide bonds. The molecule has 2 aromatic carbocycles. The Morgan fingerprint density at radius 2 is 1.87 bits per heavy atom. The summed E-state index contributed by atoms with van der Waals surface area (Å²) in [4.78, 5) is 12.4. The Bertz CT molecular complexity index is 953. The number of rotatable bonds is 10. The molecule has 158 valence electrons. The van der Waals surface area contributed by atoms with Crippen molar-refractivity contribution in [3.05, 3.63) is 45.9 Å². The predicted octanol–water partition coefficient (Wildman–Crippen LogP) is 4.03. The van der Waals surface area contributed by atoms with Gasteiger partial charge in [-0.15, -0.1) is 6.42 Å². The van der Waals surface area contributed by atoms with E-state index in [2.05, 4.69) is 32.4 Å². The number of terminal acetylenes is 1. The molecule has 0 aliphatic carbocycles. The summed E-state index contributed by atoms with van der Waals surface area (Å²) < 4.78 is 22.5. The Hall–Kier alpha value is -3.18. The van der Waals surface area contributed by atoms with Crippen LogP contribution < -0.4 is 24.4 Å². The van der Waals surface area contributed by atoms with E-state index in [0.717, 1.165) is 0 Å². The highest BCUT2D eigenvalue weighted by atomic mass is 79.9. The average Bonchev–Trinajstić information content (AvgIpc) is 2.74. The SMILES string of the molecule is C#CCOc1c(Br)cc(/C=N/NC(=O)c2ccc(OCC)c(OC)c2)cc1OCC. The normalized spacial score (nSPS) is 10.4. The lowest BCUT2D eigenvalue weighted by Gasteiger charge is -2.13. The van der Waals surface area contributed by atoms with E-state index in [9.17, 15) is 4.79 Å². The van der Waals surface area contributed by atoms with E-state index in [1.54, 1.807) is 30.3 Å². The number of amides is 1. The van der Waals surface area contributed by atoms with E-state index in [4.69, 9.17) is 25.4 Å². The average molecular weight is 475 g/mol. The molecule has 0 aliphatic rings. The molecule has 0 spiro atoms. The second kappa shape index (κ2) is 11.7. The Kier molecular flexibility index (Phi) is 9.03. The van der Waals surface area contributed by atoms with Gasteiger partial charge in [0.05, 0.1) is 31.0 Å². The van der Waals surface area contributed by atoms with Gasteiger partial charge in [-0.05, 0) is 65.7 Å². The fraction of sp³-hybridized carbons (Fsp3) is 0.273. The number of nitrogens with zero attached hydrogens (tertiary/aromatic N) is 1. The smallest absolute Gasteiger partial charge is 0.271 e. The molecule has 0 aromatic heterocycles. The third-order valence-corrected chi connectivity index (χ3v) is 4.33. The summed E-state index contributed by atoms with van der Waals surface area (Å²) in [6, 6.07) is 8.44. The monoisotopic (exact) mass is 474 g/mol. The first-order valence-corrected chi connectivity index (χ1v) is 10.00. The molecule has 2 rings (SSSR count). The van der Waals surface area contributed by atoms with E-state index in [-0.39, 0.29) is 12.5 Å². The summed E-state index contributed by atoms with van der Waals surface area (Å²) in [5, 5.41) is 4.02. The summed E-state index contributed by atoms with van der Waals surface area (Å²) in [6.45, 7) is 4.81. The van der Waals surface area contributed by atoms with Crippen LogP contribution in [0.15, 0.2) is 39.9 Å². The first kappa shape index (κ1) is 23.1. The molecular formula is C22H23BrN2O5. The van der Waals surface area contributed by atoms with Gasteiger partial charge in [-0.2, -0.15) is 5.10 Å². The summed E-state index contributed by atoms with van der Waals surface area (Å²) >= 11 is 3.44. The van der Waals surface area contributed by atoms with Gasteiger partial charge in [-0.25, -0.2) is 5.43 Å². The minimum Gasteiger partial charge on any atom is -0.493 e. The van der Waals surface area contributed by atoms with Crippen LogP contribution in [0.1, 0.15) is 29.8 Å². The Morgan fingerprint density at radius 1 is 1.13 bits per heavy atom. The molecule has 30 heavy (non-hydrogen) atoms. The first-order valence-electron chi connectivity index (χ1n) is 9.20. The fourth-order valence-electron chi connectivity index (χ4n) is 2.49. The summed E-state index contributed by atoms with van der Waals surface area (Å²) in [6.07, 6.45) is 6.76. The highest BCUT2D eigenvalue weighted by molar-refractivity contribution is 9.10. The van der Waals surface area contributed by atoms with E-state index in [1.165, 1.54) is 13.3 Å². The van der Waals surface area contributed by atoms with Crippen LogP contribution in [0.3, 0.4) is 0 Å². The van der Waals surface area contributed by atoms with Gasteiger partial charge in [0.2, 0.25) is 0 Å². The first-order chi connectivity index (χ1) is 14.5. The highest BCUT2D eigenvalue weighted by Crippen LogP contribution is 2.36. The molecular weight excluding hydrogens is 452 g/mol. The van der Waals surface area contributed by atoms with Crippen LogP contribution >= 0.6 is 15.9 Å². The Labute approximate surface area is 184 Å². The van der Waals surface area contributed by atoms with Gasteiger partial charge in [-0.1, -0.05) is 5.92 Å². The maximum atomic E-state index is 12.4. The molecule has 0 aliphatic heterocycles. The number of hydrazone groups is 1. The number of carbonyl (C=O) groups excluding carboxylic acids is 1. The molecule has 0 saturated carbocycles. The van der Waals surface area contributed by atoms with Crippen molar-refractivity contribution in [2.45, 2.75) is 13.8 Å². The van der Waals surface area contributed by atoms with Crippen LogP contribution in [0, 0.1) is 12.3 Å². The molecule has 1 N–H and O–H groups in total. The van der Waals surface area contributed by atoms with Crippen molar-refractivity contribution in [2.24, 2.45) is 5.10 Å². The van der Waals surface area contributed by atoms with Crippen molar-refractivity contribution >= 4 is 28.1 Å². The lowest BCUT2D eigenvalue weighted by Crippen LogP contribution is -2.17. The summed E-state index contributed by atoms with van der Waals surface area (Å²) in [5.41, 5.74) is 3.58. The number of carbonyl (C=O) groups is 1. The van der Waals surface area contributed by atoms with E-state index >= 15 is 0 Å². The molecule has 0 bridgehead atoms. The largest absolute Gasteiger partial charge is 0.493 e. The zero-order valence-corrected chi connectivity index (χ0v) is 18.6. The van der Waals surface area contributed by atoms with Gasteiger partial charge < -0.3 is 18.9 Å². The Morgan fingerprint density at radius 3 is 2.53 bits per heavy atom. The fourth-order valence-corrected chi connectivity index (χ4v) is 3.07. The van der Waals surface area contributed by atoms with Crippen LogP contribution in [-0.2, 0) is 0 Å². The number of halogens is 1. The van der Waals surface area contributed by atoms with Gasteiger partial charge in [0, 0.05) is 5.56 Å². The van der Waals surface area contributed by atoms with Gasteiger partial charge in [0.15, 0.2) is 23.0 Å². The van der Waals surface area contributed by atoms with Crippen molar-refractivity contribution in [1.82, 2.24) is 5.43 Å². The molecule has 0 radical (unpaired) electrons. The number of ether oxygens (including phenoxy) is 4. The van der Waals surface area contributed by atoms with Gasteiger partial charge >= 0.3 is 0 Å². The number of benzene rings is 2. The van der Waals surface area contributed by atoms with Crippen LogP contribution in [-0.4, -0.2) is 39.1 Å². The maximum absolute atomic E-state index is 12.4. The Balaban J connectivity index is 2.14. The molecule has 0 fully saturated rings. The minimum absolute atomic E-state index is 0.119. The van der Waals surface area contributed by atoms with Crippen LogP contribution in [0.5, 0.6) is 23.0 Å². The van der Waals surface area contributed by atoms with E-state index < -0.39 is 0 Å². The lowest BCUT2D eigenvalue weighted by molar-refractivity contribution is 0.0954. The third-order valence-electron chi connectivity index (χ3n) is 3.74. The topological polar surface area (TPSA) is 78.4 Å². The zero-order chi connectivity index (χ0) is 21.9. The second-order valence-corrected chi connectivity index (χ2v) is 6.61. The zero-order valence-electron chi connectivity index (χ0n) is 17.0. The second-order valence-electron chi connectivity index (χ2n) is 5.75. The van der Waals surface area contributed by atoms with Crippen molar-refractivity contribution in [3.8, 4) is 35.3 Å². The van der Waals surface area contributed by atoms with Crippen LogP contribution in [0.2, 0.25) is 0 Å². The van der Waals surface area contributed by atoms with Crippen molar-refractivity contribution in [1.29, 1.82) is 0 Å². The van der Waals surface area contributed by atoms with E-state index in [0.29, 0.717) is 51.8 Å². The number of methoxy groups -OCH3 is 1. The molecule has 2 aromatic rings. The molecule has 0 saturated heterocycles. The summed E-state index contributed by atoms with van der Waals surface area (Å²) in [5.74, 6) is 4.11. The molecule has 0 atom stereocenters. The summed E-state index contributed by atoms with van der Waals surface area (Å²) in [7, 11) is 1.52. The van der Waals surface area contributed by atoms with E-state index in [1.807, 2.05) is 13.8 Å². The molecule has 0 heterocycles. The maximum Gasteiger partial charge on any atom is 0.271 e. The number of hydrogen-bond acceptors (Lipinski definition) is 6. The highest BCUT2D eigenvalue weighted by Gasteiger charge is 2.12. The van der Waals surface area contributed by atoms with Gasteiger partial charge in [0.25, 0.3) is 5.91 Å².